The second-order valence-corrected chi connectivity index (χ2v) is 5.11. The zero-order valence-corrected chi connectivity index (χ0v) is 11.1. The summed E-state index contributed by atoms with van der Waals surface area (Å²) in [4.78, 5) is 8.31. The lowest BCUT2D eigenvalue weighted by atomic mass is 9.83. The van der Waals surface area contributed by atoms with Gasteiger partial charge >= 0.3 is 0 Å². The van der Waals surface area contributed by atoms with Gasteiger partial charge in [0.05, 0.1) is 0 Å². The van der Waals surface area contributed by atoms with Crippen LogP contribution in [0.2, 0.25) is 5.15 Å². The summed E-state index contributed by atoms with van der Waals surface area (Å²) in [6.45, 7) is 2.22. The van der Waals surface area contributed by atoms with Crippen molar-refractivity contribution in [3.8, 4) is 0 Å². The van der Waals surface area contributed by atoms with Crippen LogP contribution in [0.1, 0.15) is 45.4 Å². The average molecular weight is 254 g/mol. The third-order valence-corrected chi connectivity index (χ3v) is 3.91. The summed E-state index contributed by atoms with van der Waals surface area (Å²) in [5.41, 5.74) is 0. The molecule has 0 bridgehead atoms. The molecule has 0 aliphatic heterocycles. The zero-order valence-electron chi connectivity index (χ0n) is 10.3. The quantitative estimate of drug-likeness (QED) is 0.884. The van der Waals surface area contributed by atoms with Crippen LogP contribution in [-0.4, -0.2) is 16.0 Å². The highest BCUT2D eigenvalue weighted by Crippen LogP contribution is 2.30. The van der Waals surface area contributed by atoms with Crippen molar-refractivity contribution in [1.29, 1.82) is 0 Å². The van der Waals surface area contributed by atoms with Gasteiger partial charge in [0.15, 0.2) is 11.0 Å². The maximum Gasteiger partial charge on any atom is 0.171 e. The van der Waals surface area contributed by atoms with Gasteiger partial charge in [0.1, 0.15) is 0 Å². The van der Waals surface area contributed by atoms with Crippen molar-refractivity contribution in [2.24, 2.45) is 5.92 Å². The summed E-state index contributed by atoms with van der Waals surface area (Å²) in [7, 11) is 0. The van der Waals surface area contributed by atoms with Crippen LogP contribution in [0.25, 0.3) is 0 Å². The van der Waals surface area contributed by atoms with Crippen molar-refractivity contribution >= 4 is 17.4 Å². The highest BCUT2D eigenvalue weighted by Gasteiger charge is 2.23. The first-order valence-electron chi connectivity index (χ1n) is 6.54. The van der Waals surface area contributed by atoms with Crippen LogP contribution in [0.3, 0.4) is 0 Å². The fourth-order valence-corrected chi connectivity index (χ4v) is 2.84. The maximum absolute atomic E-state index is 6.03. The van der Waals surface area contributed by atoms with E-state index in [1.165, 1.54) is 32.1 Å². The predicted octanol–water partition coefficient (Wildman–Crippen LogP) is 3.90. The van der Waals surface area contributed by atoms with Gasteiger partial charge in [-0.1, -0.05) is 37.8 Å². The van der Waals surface area contributed by atoms with Gasteiger partial charge in [-0.2, -0.15) is 0 Å². The number of nitrogens with zero attached hydrogens (tertiary/aromatic N) is 2. The SMILES string of the molecule is CCC(Nc1nccnc1Cl)C1CCCCC1. The standard InChI is InChI=1S/C13H20ClN3/c1-2-11(10-6-4-3-5-7-10)17-13-12(14)15-8-9-16-13/h8-11H,2-7H2,1H3,(H,16,17). The smallest absolute Gasteiger partial charge is 0.171 e. The minimum Gasteiger partial charge on any atom is -0.365 e. The van der Waals surface area contributed by atoms with E-state index in [-0.39, 0.29) is 0 Å². The Morgan fingerprint density at radius 2 is 2.00 bits per heavy atom. The Labute approximate surface area is 108 Å². The molecular formula is C13H20ClN3. The number of anilines is 1. The first-order chi connectivity index (χ1) is 8.31. The van der Waals surface area contributed by atoms with Crippen LogP contribution in [0.15, 0.2) is 12.4 Å². The van der Waals surface area contributed by atoms with E-state index in [0.717, 1.165) is 18.2 Å². The fourth-order valence-electron chi connectivity index (χ4n) is 2.68. The molecular weight excluding hydrogens is 234 g/mol. The number of nitrogens with one attached hydrogen (secondary N) is 1. The largest absolute Gasteiger partial charge is 0.365 e. The summed E-state index contributed by atoms with van der Waals surface area (Å²) < 4.78 is 0. The number of halogens is 1. The molecule has 0 amide bonds. The highest BCUT2D eigenvalue weighted by atomic mass is 35.5. The van der Waals surface area contributed by atoms with Gasteiger partial charge in [0.2, 0.25) is 0 Å². The minimum atomic E-state index is 0.474. The molecule has 1 aliphatic carbocycles. The second kappa shape index (κ2) is 6.20. The predicted molar refractivity (Wildman–Crippen MR) is 71.3 cm³/mol. The van der Waals surface area contributed by atoms with Crippen LogP contribution in [0, 0.1) is 5.92 Å². The molecule has 0 radical (unpaired) electrons. The molecule has 94 valence electrons. The summed E-state index contributed by atoms with van der Waals surface area (Å²) in [6, 6.07) is 0.476. The Morgan fingerprint density at radius 1 is 1.29 bits per heavy atom. The molecule has 1 N–H and O–H groups in total. The van der Waals surface area contributed by atoms with Crippen molar-refractivity contribution in [3.05, 3.63) is 17.5 Å². The van der Waals surface area contributed by atoms with E-state index in [2.05, 4.69) is 22.2 Å². The first kappa shape index (κ1) is 12.6. The molecule has 1 atom stereocenters. The van der Waals surface area contributed by atoms with E-state index in [0.29, 0.717) is 11.2 Å². The van der Waals surface area contributed by atoms with E-state index in [1.54, 1.807) is 12.4 Å². The van der Waals surface area contributed by atoms with Crippen molar-refractivity contribution in [2.75, 3.05) is 5.32 Å². The Balaban J connectivity index is 2.01. The van der Waals surface area contributed by atoms with E-state index in [9.17, 15) is 0 Å². The highest BCUT2D eigenvalue weighted by molar-refractivity contribution is 6.31. The third kappa shape index (κ3) is 3.32. The van der Waals surface area contributed by atoms with Crippen molar-refractivity contribution in [3.63, 3.8) is 0 Å². The maximum atomic E-state index is 6.03. The van der Waals surface area contributed by atoms with E-state index >= 15 is 0 Å². The fraction of sp³-hybridized carbons (Fsp3) is 0.692. The molecule has 0 spiro atoms. The molecule has 1 unspecified atom stereocenters. The van der Waals surface area contributed by atoms with Gasteiger partial charge in [-0.3, -0.25) is 0 Å². The molecule has 1 heterocycles. The normalized spacial score (nSPS) is 18.9. The molecule has 4 heteroatoms. The Kier molecular flexibility index (Phi) is 4.60. The topological polar surface area (TPSA) is 37.8 Å². The molecule has 0 saturated heterocycles. The van der Waals surface area contributed by atoms with Crippen LogP contribution in [0.5, 0.6) is 0 Å². The molecule has 1 saturated carbocycles. The molecule has 3 nitrogen and oxygen atoms in total. The van der Waals surface area contributed by atoms with E-state index in [4.69, 9.17) is 11.6 Å². The lowest BCUT2D eigenvalue weighted by Crippen LogP contribution is -2.30. The monoisotopic (exact) mass is 253 g/mol. The van der Waals surface area contributed by atoms with E-state index in [1.807, 2.05) is 0 Å². The lowest BCUT2D eigenvalue weighted by Gasteiger charge is -2.30. The summed E-state index contributed by atoms with van der Waals surface area (Å²) in [5, 5.41) is 3.93. The Hall–Kier alpha value is -0.830. The van der Waals surface area contributed by atoms with Crippen LogP contribution in [-0.2, 0) is 0 Å². The van der Waals surface area contributed by atoms with Crippen molar-refractivity contribution in [2.45, 2.75) is 51.5 Å². The molecule has 2 rings (SSSR count). The third-order valence-electron chi connectivity index (χ3n) is 3.63. The Morgan fingerprint density at radius 3 is 2.65 bits per heavy atom. The summed E-state index contributed by atoms with van der Waals surface area (Å²) in [5.74, 6) is 1.48. The molecule has 1 aromatic rings. The summed E-state index contributed by atoms with van der Waals surface area (Å²) in [6.07, 6.45) is 11.2. The van der Waals surface area contributed by atoms with Crippen LogP contribution in [0.4, 0.5) is 5.82 Å². The zero-order chi connectivity index (χ0) is 12.1. The number of hydrogen-bond donors (Lipinski definition) is 1. The van der Waals surface area contributed by atoms with Crippen LogP contribution < -0.4 is 5.32 Å². The molecule has 1 aromatic heterocycles. The van der Waals surface area contributed by atoms with Crippen molar-refractivity contribution < 1.29 is 0 Å². The minimum absolute atomic E-state index is 0.474. The van der Waals surface area contributed by atoms with Gasteiger partial charge in [0, 0.05) is 18.4 Å². The average Bonchev–Trinajstić information content (AvgIpc) is 2.39. The van der Waals surface area contributed by atoms with Gasteiger partial charge in [-0.25, -0.2) is 9.97 Å². The van der Waals surface area contributed by atoms with E-state index < -0.39 is 0 Å². The van der Waals surface area contributed by atoms with Crippen molar-refractivity contribution in [1.82, 2.24) is 9.97 Å². The van der Waals surface area contributed by atoms with Gasteiger partial charge in [0.25, 0.3) is 0 Å². The number of hydrogen-bond acceptors (Lipinski definition) is 3. The molecule has 0 aromatic carbocycles. The van der Waals surface area contributed by atoms with Gasteiger partial charge < -0.3 is 5.32 Å². The first-order valence-corrected chi connectivity index (χ1v) is 6.92. The number of aromatic nitrogens is 2. The summed E-state index contributed by atoms with van der Waals surface area (Å²) >= 11 is 6.03. The molecule has 1 aliphatic rings. The van der Waals surface area contributed by atoms with Gasteiger partial charge in [-0.05, 0) is 25.2 Å². The lowest BCUT2D eigenvalue weighted by molar-refractivity contribution is 0.312. The van der Waals surface area contributed by atoms with Gasteiger partial charge in [-0.15, -0.1) is 0 Å². The molecule has 1 fully saturated rings. The molecule has 17 heavy (non-hydrogen) atoms. The van der Waals surface area contributed by atoms with Crippen LogP contribution >= 0.6 is 11.6 Å². The number of rotatable bonds is 4. The Bertz CT molecular complexity index is 350. The second-order valence-electron chi connectivity index (χ2n) is 4.75.